The number of fused-ring (bicyclic) bond motifs is 1. The highest BCUT2D eigenvalue weighted by molar-refractivity contribution is 6.32. The molecule has 3 rings (SSSR count). The van der Waals surface area contributed by atoms with Gasteiger partial charge in [-0.3, -0.25) is 9.88 Å². The minimum atomic E-state index is -0.724. The van der Waals surface area contributed by atoms with Crippen molar-refractivity contribution in [2.24, 2.45) is 5.73 Å². The Morgan fingerprint density at radius 2 is 1.85 bits per heavy atom. The second-order valence-corrected chi connectivity index (χ2v) is 6.60. The van der Waals surface area contributed by atoms with Crippen LogP contribution in [0.2, 0.25) is 5.02 Å². The molecule has 1 aromatic carbocycles. The number of halogens is 4. The number of aromatic nitrogens is 1. The zero-order chi connectivity index (χ0) is 17.3. The summed E-state index contributed by atoms with van der Waals surface area (Å²) < 4.78 is 5.29. The number of β-amino-alcohol motifs (C(OH)–C–C–N with tert-alkyl or cyclic N) is 2. The lowest BCUT2D eigenvalue weighted by atomic mass is 9.99. The first-order valence-corrected chi connectivity index (χ1v) is 8.32. The molecule has 10 heteroatoms. The minimum absolute atomic E-state index is 0. The van der Waals surface area contributed by atoms with Gasteiger partial charge in [0.2, 0.25) is 0 Å². The molecule has 0 bridgehead atoms. The largest absolute Gasteiger partial charge is 0.497 e. The lowest BCUT2D eigenvalue weighted by Gasteiger charge is -2.37. The molecule has 1 aliphatic heterocycles. The quantitative estimate of drug-likeness (QED) is 0.646. The summed E-state index contributed by atoms with van der Waals surface area (Å²) in [5.74, 6) is 0.752. The van der Waals surface area contributed by atoms with Crippen LogP contribution in [-0.2, 0) is 6.42 Å². The van der Waals surface area contributed by atoms with Gasteiger partial charge in [-0.1, -0.05) is 11.6 Å². The van der Waals surface area contributed by atoms with Crippen LogP contribution in [0.5, 0.6) is 5.75 Å². The van der Waals surface area contributed by atoms with E-state index in [9.17, 15) is 10.2 Å². The third-order valence-corrected chi connectivity index (χ3v) is 4.92. The molecule has 154 valence electrons. The number of hydrogen-bond acceptors (Lipinski definition) is 6. The van der Waals surface area contributed by atoms with E-state index in [2.05, 4.69) is 4.98 Å². The van der Waals surface area contributed by atoms with E-state index >= 15 is 0 Å². The maximum atomic E-state index is 9.93. The molecule has 0 spiro atoms. The smallest absolute Gasteiger partial charge is 0.119 e. The van der Waals surface area contributed by atoms with Crippen molar-refractivity contribution in [2.75, 3.05) is 26.7 Å². The molecule has 1 aliphatic rings. The summed E-state index contributed by atoms with van der Waals surface area (Å²) in [6.07, 6.45) is 0.887. The maximum absolute atomic E-state index is 9.93. The number of methoxy groups -OCH3 is 1. The highest BCUT2D eigenvalue weighted by atomic mass is 35.5. The van der Waals surface area contributed by atoms with Crippen molar-refractivity contribution in [3.05, 3.63) is 35.0 Å². The van der Waals surface area contributed by atoms with Crippen LogP contribution in [0.1, 0.15) is 5.56 Å². The Balaban J connectivity index is 0.00000225. The number of likely N-dealkylation sites (tertiary alicyclic amines) is 1. The summed E-state index contributed by atoms with van der Waals surface area (Å²) in [7, 11) is 1.62. The second-order valence-electron chi connectivity index (χ2n) is 6.19. The molecule has 1 saturated heterocycles. The molecule has 0 radical (unpaired) electrons. The van der Waals surface area contributed by atoms with Crippen LogP contribution >= 0.6 is 48.8 Å². The van der Waals surface area contributed by atoms with E-state index in [1.165, 1.54) is 0 Å². The lowest BCUT2D eigenvalue weighted by molar-refractivity contribution is -0.0257. The zero-order valence-electron chi connectivity index (χ0n) is 14.7. The van der Waals surface area contributed by atoms with E-state index in [4.69, 9.17) is 22.1 Å². The molecular weight excluding hydrogens is 436 g/mol. The van der Waals surface area contributed by atoms with Gasteiger partial charge in [0.25, 0.3) is 0 Å². The van der Waals surface area contributed by atoms with Crippen molar-refractivity contribution in [2.45, 2.75) is 24.7 Å². The number of nitrogens with two attached hydrogens (primary N) is 1. The van der Waals surface area contributed by atoms with Gasteiger partial charge in [-0.25, -0.2) is 0 Å². The van der Waals surface area contributed by atoms with Crippen molar-refractivity contribution >= 4 is 59.7 Å². The summed E-state index contributed by atoms with van der Waals surface area (Å²) in [6.45, 7) is 1.56. The van der Waals surface area contributed by atoms with E-state index in [1.54, 1.807) is 13.3 Å². The number of nitrogens with zero attached hydrogens (tertiary/aromatic N) is 2. The molecule has 27 heavy (non-hydrogen) atoms. The molecule has 1 fully saturated rings. The normalized spacial score (nSPS) is 22.3. The van der Waals surface area contributed by atoms with Crippen molar-refractivity contribution in [1.29, 1.82) is 0 Å². The topological polar surface area (TPSA) is 91.8 Å². The van der Waals surface area contributed by atoms with Gasteiger partial charge in [0.1, 0.15) is 5.75 Å². The molecule has 1 aromatic heterocycles. The fourth-order valence-electron chi connectivity index (χ4n) is 3.14. The van der Waals surface area contributed by atoms with E-state index in [0.717, 1.165) is 22.2 Å². The Morgan fingerprint density at radius 1 is 1.22 bits per heavy atom. The third kappa shape index (κ3) is 5.95. The van der Waals surface area contributed by atoms with Crippen molar-refractivity contribution in [3.63, 3.8) is 0 Å². The van der Waals surface area contributed by atoms with Gasteiger partial charge in [-0.15, -0.1) is 37.2 Å². The molecule has 2 heterocycles. The minimum Gasteiger partial charge on any atom is -0.497 e. The van der Waals surface area contributed by atoms with Gasteiger partial charge >= 0.3 is 0 Å². The van der Waals surface area contributed by atoms with Crippen molar-refractivity contribution < 1.29 is 14.9 Å². The molecular formula is C17H25Cl4N3O3. The standard InChI is InChI=1S/C17H22ClN3O3.3ClH/c1-24-10-2-3-14-12(6-10)11(13(18)7-20-14)4-5-21-8-15(22)17(19)16(23)9-21;;;/h2-3,6-7,15-17,22-23H,4-5,8-9,19H2,1H3;3*1H/t15-,16+,17?;;;. The SMILES string of the molecule is COc1ccc2ncc(Cl)c(CCN3C[C@@H](O)C(N)[C@@H](O)C3)c2c1.Cl.Cl.Cl. The first-order chi connectivity index (χ1) is 11.5. The number of benzene rings is 1. The van der Waals surface area contributed by atoms with Gasteiger partial charge in [0, 0.05) is 31.2 Å². The summed E-state index contributed by atoms with van der Waals surface area (Å²) >= 11 is 6.36. The first kappa shape index (κ1) is 26.4. The van der Waals surface area contributed by atoms with Crippen molar-refractivity contribution in [1.82, 2.24) is 9.88 Å². The Bertz CT molecular complexity index is 726. The molecule has 1 unspecified atom stereocenters. The Morgan fingerprint density at radius 3 is 2.44 bits per heavy atom. The van der Waals surface area contributed by atoms with Crippen LogP contribution in [0.3, 0.4) is 0 Å². The average molecular weight is 461 g/mol. The Labute approximate surface area is 182 Å². The van der Waals surface area contributed by atoms with E-state index < -0.39 is 18.2 Å². The number of aliphatic hydroxyl groups excluding tert-OH is 2. The Hall–Kier alpha value is -0.570. The molecule has 0 saturated carbocycles. The van der Waals surface area contributed by atoms with Gasteiger partial charge < -0.3 is 20.7 Å². The Kier molecular flexibility index (Phi) is 11.2. The van der Waals surface area contributed by atoms with Gasteiger partial charge in [0.05, 0.1) is 35.9 Å². The number of ether oxygens (including phenoxy) is 1. The molecule has 6 nitrogen and oxygen atoms in total. The van der Waals surface area contributed by atoms with E-state index in [-0.39, 0.29) is 37.2 Å². The zero-order valence-corrected chi connectivity index (χ0v) is 18.0. The number of pyridine rings is 1. The number of hydrogen-bond donors (Lipinski definition) is 3. The highest BCUT2D eigenvalue weighted by Gasteiger charge is 2.31. The fourth-order valence-corrected chi connectivity index (χ4v) is 3.38. The highest BCUT2D eigenvalue weighted by Crippen LogP contribution is 2.28. The van der Waals surface area contributed by atoms with Crippen LogP contribution in [-0.4, -0.2) is 65.1 Å². The average Bonchev–Trinajstić information content (AvgIpc) is 2.58. The second kappa shape index (κ2) is 11.4. The summed E-state index contributed by atoms with van der Waals surface area (Å²) in [6, 6.07) is 5.11. The summed E-state index contributed by atoms with van der Waals surface area (Å²) in [4.78, 5) is 6.35. The van der Waals surface area contributed by atoms with Crippen LogP contribution in [0.15, 0.2) is 24.4 Å². The van der Waals surface area contributed by atoms with Gasteiger partial charge in [0.15, 0.2) is 0 Å². The molecule has 3 atom stereocenters. The summed E-state index contributed by atoms with van der Waals surface area (Å²) in [5.41, 5.74) is 7.59. The molecule has 0 amide bonds. The fraction of sp³-hybridized carbons (Fsp3) is 0.471. The van der Waals surface area contributed by atoms with Crippen LogP contribution in [0.4, 0.5) is 0 Å². The monoisotopic (exact) mass is 459 g/mol. The van der Waals surface area contributed by atoms with Crippen LogP contribution < -0.4 is 10.5 Å². The van der Waals surface area contributed by atoms with Gasteiger partial charge in [-0.2, -0.15) is 0 Å². The van der Waals surface area contributed by atoms with Gasteiger partial charge in [-0.05, 0) is 30.2 Å². The number of aliphatic hydroxyl groups is 2. The molecule has 4 N–H and O–H groups in total. The lowest BCUT2D eigenvalue weighted by Crippen LogP contribution is -2.59. The third-order valence-electron chi connectivity index (χ3n) is 4.59. The number of rotatable bonds is 4. The predicted octanol–water partition coefficient (Wildman–Crippen LogP) is 2.07. The molecule has 0 aliphatic carbocycles. The van der Waals surface area contributed by atoms with E-state index in [1.807, 2.05) is 23.1 Å². The number of piperidine rings is 1. The molecule has 2 aromatic rings. The van der Waals surface area contributed by atoms with E-state index in [0.29, 0.717) is 31.1 Å². The van der Waals surface area contributed by atoms with Crippen molar-refractivity contribution in [3.8, 4) is 5.75 Å². The predicted molar refractivity (Wildman–Crippen MR) is 115 cm³/mol. The first-order valence-electron chi connectivity index (χ1n) is 7.95. The maximum Gasteiger partial charge on any atom is 0.119 e. The van der Waals surface area contributed by atoms with Crippen LogP contribution in [0.25, 0.3) is 10.9 Å². The summed E-state index contributed by atoms with van der Waals surface area (Å²) in [5, 5.41) is 21.4. The van der Waals surface area contributed by atoms with Crippen LogP contribution in [0, 0.1) is 0 Å².